The van der Waals surface area contributed by atoms with E-state index < -0.39 is 0 Å². The maximum atomic E-state index is 10.7. The van der Waals surface area contributed by atoms with Crippen LogP contribution < -0.4 is 0 Å². The van der Waals surface area contributed by atoms with E-state index in [-0.39, 0.29) is 10.6 Å². The van der Waals surface area contributed by atoms with Crippen molar-refractivity contribution in [2.45, 2.75) is 31.6 Å². The lowest BCUT2D eigenvalue weighted by Crippen LogP contribution is -1.91. The van der Waals surface area contributed by atoms with Gasteiger partial charge in [-0.2, -0.15) is 0 Å². The summed E-state index contributed by atoms with van der Waals surface area (Å²) in [7, 11) is 0. The van der Waals surface area contributed by atoms with Crippen LogP contribution >= 0.6 is 11.8 Å². The number of thioether (sulfide) groups is 1. The highest BCUT2D eigenvalue weighted by Gasteiger charge is 2.10. The van der Waals surface area contributed by atoms with Crippen LogP contribution in [0.4, 0.5) is 5.69 Å². The molecule has 1 aromatic carbocycles. The van der Waals surface area contributed by atoms with Gasteiger partial charge in [0.2, 0.25) is 0 Å². The first kappa shape index (κ1) is 12.0. The van der Waals surface area contributed by atoms with E-state index in [1.807, 2.05) is 12.1 Å². The van der Waals surface area contributed by atoms with E-state index in [1.54, 1.807) is 24.8 Å². The van der Waals surface area contributed by atoms with Gasteiger partial charge in [-0.15, -0.1) is 11.8 Å². The zero-order valence-corrected chi connectivity index (χ0v) is 9.84. The van der Waals surface area contributed by atoms with E-state index in [4.69, 9.17) is 0 Å². The Bertz CT molecular complexity index is 352. The number of hydrogen-bond acceptors (Lipinski definition) is 3. The molecule has 0 amide bonds. The molecule has 0 saturated heterocycles. The molecule has 15 heavy (non-hydrogen) atoms. The summed E-state index contributed by atoms with van der Waals surface area (Å²) in [6.45, 7) is 3.90. The molecular weight excluding hydrogens is 210 g/mol. The van der Waals surface area contributed by atoms with Gasteiger partial charge in [0.1, 0.15) is 0 Å². The van der Waals surface area contributed by atoms with Crippen molar-refractivity contribution in [2.24, 2.45) is 0 Å². The number of rotatable bonds is 5. The normalized spacial score (nSPS) is 10.3. The molecule has 0 saturated carbocycles. The summed E-state index contributed by atoms with van der Waals surface area (Å²) in [4.78, 5) is 11.4. The average Bonchev–Trinajstić information content (AvgIpc) is 2.20. The Morgan fingerprint density at radius 2 is 2.20 bits per heavy atom. The topological polar surface area (TPSA) is 43.1 Å². The Kier molecular flexibility index (Phi) is 4.62. The Morgan fingerprint density at radius 3 is 2.80 bits per heavy atom. The summed E-state index contributed by atoms with van der Waals surface area (Å²) in [5.41, 5.74) is 0.941. The number of benzene rings is 1. The van der Waals surface area contributed by atoms with Crippen LogP contribution in [0.15, 0.2) is 23.1 Å². The molecule has 3 nitrogen and oxygen atoms in total. The molecule has 0 fully saturated rings. The van der Waals surface area contributed by atoms with Crippen LogP contribution in [0.1, 0.15) is 25.3 Å². The number of nitrogens with zero attached hydrogens (tertiary/aromatic N) is 1. The maximum Gasteiger partial charge on any atom is 0.273 e. The first-order chi connectivity index (χ1) is 7.15. The van der Waals surface area contributed by atoms with E-state index in [9.17, 15) is 10.1 Å². The molecule has 1 rings (SSSR count). The van der Waals surface area contributed by atoms with E-state index in [0.717, 1.165) is 29.1 Å². The summed E-state index contributed by atoms with van der Waals surface area (Å²) < 4.78 is 0. The van der Waals surface area contributed by atoms with Crippen LogP contribution in [0.2, 0.25) is 0 Å². The maximum absolute atomic E-state index is 10.7. The fourth-order valence-electron chi connectivity index (χ4n) is 1.21. The van der Waals surface area contributed by atoms with Gasteiger partial charge in [-0.05, 0) is 25.2 Å². The number of unbranched alkanes of at least 4 members (excludes halogenated alkanes) is 1. The highest BCUT2D eigenvalue weighted by atomic mass is 32.2. The molecule has 0 aliphatic heterocycles. The molecule has 0 atom stereocenters. The molecule has 0 radical (unpaired) electrons. The third-order valence-corrected chi connectivity index (χ3v) is 3.22. The minimum absolute atomic E-state index is 0.219. The van der Waals surface area contributed by atoms with Crippen LogP contribution in [0.5, 0.6) is 0 Å². The molecule has 0 aliphatic rings. The Morgan fingerprint density at radius 1 is 1.47 bits per heavy atom. The monoisotopic (exact) mass is 225 g/mol. The van der Waals surface area contributed by atoms with Crippen LogP contribution in [0.3, 0.4) is 0 Å². The molecule has 0 unspecified atom stereocenters. The zero-order valence-electron chi connectivity index (χ0n) is 9.03. The lowest BCUT2D eigenvalue weighted by Gasteiger charge is -2.02. The first-order valence-corrected chi connectivity index (χ1v) is 6.01. The van der Waals surface area contributed by atoms with Gasteiger partial charge in [0, 0.05) is 16.5 Å². The molecular formula is C11H15NO2S. The van der Waals surface area contributed by atoms with E-state index in [2.05, 4.69) is 6.92 Å². The van der Waals surface area contributed by atoms with Gasteiger partial charge < -0.3 is 0 Å². The summed E-state index contributed by atoms with van der Waals surface area (Å²) in [6.07, 6.45) is 2.30. The molecule has 0 N–H and O–H groups in total. The van der Waals surface area contributed by atoms with Crippen molar-refractivity contribution in [3.05, 3.63) is 33.9 Å². The minimum atomic E-state index is -0.320. The van der Waals surface area contributed by atoms with Crippen LogP contribution in [-0.4, -0.2) is 10.7 Å². The van der Waals surface area contributed by atoms with Gasteiger partial charge in [-0.25, -0.2) is 0 Å². The minimum Gasteiger partial charge on any atom is -0.258 e. The van der Waals surface area contributed by atoms with Gasteiger partial charge in [0.05, 0.1) is 4.92 Å². The second-order valence-electron chi connectivity index (χ2n) is 3.41. The highest BCUT2D eigenvalue weighted by molar-refractivity contribution is 7.99. The third kappa shape index (κ3) is 3.55. The lowest BCUT2D eigenvalue weighted by atomic mass is 10.2. The molecule has 82 valence electrons. The fourth-order valence-corrected chi connectivity index (χ4v) is 2.24. The second kappa shape index (κ2) is 5.75. The van der Waals surface area contributed by atoms with Gasteiger partial charge in [-0.1, -0.05) is 19.4 Å². The molecule has 0 aromatic heterocycles. The molecule has 4 heteroatoms. The van der Waals surface area contributed by atoms with Crippen LogP contribution in [0.25, 0.3) is 0 Å². The zero-order chi connectivity index (χ0) is 11.3. The predicted molar refractivity (Wildman–Crippen MR) is 63.5 cm³/mol. The SMILES string of the molecule is CCCCSc1ccc(C)c([N+](=O)[O-])c1. The van der Waals surface area contributed by atoms with Crippen molar-refractivity contribution in [3.8, 4) is 0 Å². The Hall–Kier alpha value is -1.03. The molecule has 0 heterocycles. The van der Waals surface area contributed by atoms with E-state index in [1.165, 1.54) is 0 Å². The quantitative estimate of drug-likeness (QED) is 0.331. The number of nitro groups is 1. The van der Waals surface area contributed by atoms with Crippen LogP contribution in [-0.2, 0) is 0 Å². The predicted octanol–water partition coefficient (Wildman–Crippen LogP) is 3.80. The van der Waals surface area contributed by atoms with Crippen molar-refractivity contribution in [3.63, 3.8) is 0 Å². The van der Waals surface area contributed by atoms with Crippen molar-refractivity contribution in [1.29, 1.82) is 0 Å². The average molecular weight is 225 g/mol. The molecule has 0 bridgehead atoms. The van der Waals surface area contributed by atoms with Crippen molar-refractivity contribution >= 4 is 17.4 Å². The van der Waals surface area contributed by atoms with Gasteiger partial charge in [0.15, 0.2) is 0 Å². The first-order valence-electron chi connectivity index (χ1n) is 5.03. The number of nitro benzene ring substituents is 1. The van der Waals surface area contributed by atoms with Crippen LogP contribution in [0, 0.1) is 17.0 Å². The summed E-state index contributed by atoms with van der Waals surface area (Å²) in [6, 6.07) is 5.42. The standard InChI is InChI=1S/C11H15NO2S/c1-3-4-7-15-10-6-5-9(2)11(8-10)12(13)14/h5-6,8H,3-4,7H2,1-2H3. The molecule has 0 spiro atoms. The molecule has 1 aromatic rings. The highest BCUT2D eigenvalue weighted by Crippen LogP contribution is 2.26. The van der Waals surface area contributed by atoms with Gasteiger partial charge in [-0.3, -0.25) is 10.1 Å². The van der Waals surface area contributed by atoms with Gasteiger partial charge in [0.25, 0.3) is 5.69 Å². The fraction of sp³-hybridized carbons (Fsp3) is 0.455. The van der Waals surface area contributed by atoms with Crippen molar-refractivity contribution in [2.75, 3.05) is 5.75 Å². The summed E-state index contributed by atoms with van der Waals surface area (Å²) in [5, 5.41) is 10.7. The van der Waals surface area contributed by atoms with Crippen molar-refractivity contribution < 1.29 is 4.92 Å². The van der Waals surface area contributed by atoms with E-state index >= 15 is 0 Å². The smallest absolute Gasteiger partial charge is 0.258 e. The number of hydrogen-bond donors (Lipinski definition) is 0. The van der Waals surface area contributed by atoms with Crippen molar-refractivity contribution in [1.82, 2.24) is 0 Å². The summed E-state index contributed by atoms with van der Waals surface area (Å²) >= 11 is 1.68. The third-order valence-electron chi connectivity index (χ3n) is 2.14. The lowest BCUT2D eigenvalue weighted by molar-refractivity contribution is -0.385. The summed E-state index contributed by atoms with van der Waals surface area (Å²) in [5.74, 6) is 1.02. The molecule has 0 aliphatic carbocycles. The Labute approximate surface area is 94.0 Å². The van der Waals surface area contributed by atoms with E-state index in [0.29, 0.717) is 0 Å². The van der Waals surface area contributed by atoms with Gasteiger partial charge >= 0.3 is 0 Å². The Balaban J connectivity index is 2.74. The number of aryl methyl sites for hydroxylation is 1. The second-order valence-corrected chi connectivity index (χ2v) is 4.58. The largest absolute Gasteiger partial charge is 0.273 e.